The zero-order valence-electron chi connectivity index (χ0n) is 9.27. The average Bonchev–Trinajstić information content (AvgIpc) is 2.38. The topological polar surface area (TPSA) is 24.9 Å². The van der Waals surface area contributed by atoms with E-state index in [1.54, 1.807) is 6.20 Å². The van der Waals surface area contributed by atoms with E-state index in [9.17, 15) is 0 Å². The number of thioether (sulfide) groups is 1. The average molecular weight is 265 g/mol. The molecule has 1 N–H and O–H groups in total. The van der Waals surface area contributed by atoms with Crippen LogP contribution in [0.3, 0.4) is 0 Å². The molecule has 2 rings (SSSR count). The minimum absolute atomic E-state index is 0.664. The van der Waals surface area contributed by atoms with E-state index in [4.69, 9.17) is 11.6 Å². The number of hydrogen-bond acceptors (Lipinski definition) is 3. The minimum Gasteiger partial charge on any atom is -0.368 e. The van der Waals surface area contributed by atoms with Crippen molar-refractivity contribution in [3.8, 4) is 0 Å². The molecule has 0 radical (unpaired) electrons. The molecule has 2 nitrogen and oxygen atoms in total. The van der Waals surface area contributed by atoms with Gasteiger partial charge in [-0.3, -0.25) is 0 Å². The Morgan fingerprint density at radius 1 is 1.12 bits per heavy atom. The molecule has 17 heavy (non-hydrogen) atoms. The molecule has 0 unspecified atom stereocenters. The van der Waals surface area contributed by atoms with Gasteiger partial charge in [-0.15, -0.1) is 11.8 Å². The summed E-state index contributed by atoms with van der Waals surface area (Å²) in [7, 11) is 0. The number of halogens is 1. The van der Waals surface area contributed by atoms with Crippen LogP contribution in [-0.2, 0) is 0 Å². The van der Waals surface area contributed by atoms with E-state index < -0.39 is 0 Å². The molecular weight excluding hydrogens is 252 g/mol. The lowest BCUT2D eigenvalue weighted by Crippen LogP contribution is -2.05. The van der Waals surface area contributed by atoms with Crippen molar-refractivity contribution in [3.63, 3.8) is 0 Å². The smallest absolute Gasteiger partial charge is 0.144 e. The molecule has 0 atom stereocenters. The lowest BCUT2D eigenvalue weighted by molar-refractivity contribution is 1.17. The molecule has 0 aliphatic heterocycles. The van der Waals surface area contributed by atoms with Crippen molar-refractivity contribution in [2.45, 2.75) is 4.90 Å². The molecule has 0 amide bonds. The van der Waals surface area contributed by atoms with Crippen LogP contribution < -0.4 is 5.32 Å². The monoisotopic (exact) mass is 264 g/mol. The van der Waals surface area contributed by atoms with Gasteiger partial charge in [0.15, 0.2) is 0 Å². The summed E-state index contributed by atoms with van der Waals surface area (Å²) >= 11 is 7.80. The van der Waals surface area contributed by atoms with Gasteiger partial charge in [0.1, 0.15) is 5.82 Å². The quantitative estimate of drug-likeness (QED) is 0.654. The Kier molecular flexibility index (Phi) is 4.71. The molecule has 88 valence electrons. The van der Waals surface area contributed by atoms with Crippen molar-refractivity contribution < 1.29 is 0 Å². The van der Waals surface area contributed by atoms with Crippen LogP contribution in [0.4, 0.5) is 5.82 Å². The van der Waals surface area contributed by atoms with E-state index in [0.717, 1.165) is 18.1 Å². The second kappa shape index (κ2) is 6.52. The Morgan fingerprint density at radius 3 is 2.71 bits per heavy atom. The van der Waals surface area contributed by atoms with Crippen LogP contribution >= 0.6 is 23.4 Å². The highest BCUT2D eigenvalue weighted by molar-refractivity contribution is 7.99. The maximum absolute atomic E-state index is 5.99. The summed E-state index contributed by atoms with van der Waals surface area (Å²) in [6.07, 6.45) is 1.73. The van der Waals surface area contributed by atoms with Gasteiger partial charge >= 0.3 is 0 Å². The highest BCUT2D eigenvalue weighted by atomic mass is 35.5. The largest absolute Gasteiger partial charge is 0.368 e. The molecule has 2 aromatic rings. The standard InChI is InChI=1S/C13H13ClN2S/c14-12-7-4-8-15-13(12)16-9-10-17-11-5-2-1-3-6-11/h1-8H,9-10H2,(H,15,16). The van der Waals surface area contributed by atoms with Crippen molar-refractivity contribution in [2.24, 2.45) is 0 Å². The zero-order valence-corrected chi connectivity index (χ0v) is 10.8. The fourth-order valence-electron chi connectivity index (χ4n) is 1.37. The molecule has 0 saturated carbocycles. The van der Waals surface area contributed by atoms with Crippen molar-refractivity contribution >= 4 is 29.2 Å². The third-order valence-electron chi connectivity index (χ3n) is 2.16. The van der Waals surface area contributed by atoms with Gasteiger partial charge in [0.25, 0.3) is 0 Å². The summed E-state index contributed by atoms with van der Waals surface area (Å²) in [6, 6.07) is 14.0. The fourth-order valence-corrected chi connectivity index (χ4v) is 2.35. The predicted molar refractivity (Wildman–Crippen MR) is 74.9 cm³/mol. The summed E-state index contributed by atoms with van der Waals surface area (Å²) < 4.78 is 0. The second-order valence-corrected chi connectivity index (χ2v) is 5.00. The Morgan fingerprint density at radius 2 is 1.94 bits per heavy atom. The summed E-state index contributed by atoms with van der Waals surface area (Å²) in [6.45, 7) is 0.844. The Labute approximate surface area is 110 Å². The number of nitrogens with one attached hydrogen (secondary N) is 1. The molecule has 1 aromatic carbocycles. The van der Waals surface area contributed by atoms with Gasteiger partial charge in [-0.2, -0.15) is 0 Å². The highest BCUT2D eigenvalue weighted by Gasteiger charge is 1.98. The first kappa shape index (κ1) is 12.3. The number of pyridine rings is 1. The number of nitrogens with zero attached hydrogens (tertiary/aromatic N) is 1. The van der Waals surface area contributed by atoms with Crippen LogP contribution in [-0.4, -0.2) is 17.3 Å². The van der Waals surface area contributed by atoms with Crippen molar-refractivity contribution in [1.29, 1.82) is 0 Å². The molecule has 0 fully saturated rings. The normalized spacial score (nSPS) is 10.2. The molecule has 0 aliphatic rings. The van der Waals surface area contributed by atoms with Crippen LogP contribution in [0.15, 0.2) is 53.6 Å². The number of benzene rings is 1. The zero-order chi connectivity index (χ0) is 11.9. The number of rotatable bonds is 5. The Hall–Kier alpha value is -1.19. The second-order valence-electron chi connectivity index (χ2n) is 3.42. The van der Waals surface area contributed by atoms with E-state index in [1.807, 2.05) is 42.1 Å². The molecule has 1 heterocycles. The Balaban J connectivity index is 1.76. The van der Waals surface area contributed by atoms with E-state index in [-0.39, 0.29) is 0 Å². The van der Waals surface area contributed by atoms with Crippen molar-refractivity contribution in [1.82, 2.24) is 4.98 Å². The number of aromatic nitrogens is 1. The molecule has 0 saturated heterocycles. The van der Waals surface area contributed by atoms with Crippen LogP contribution in [0.1, 0.15) is 0 Å². The van der Waals surface area contributed by atoms with Crippen LogP contribution in [0.2, 0.25) is 5.02 Å². The van der Waals surface area contributed by atoms with Gasteiger partial charge in [0.05, 0.1) is 5.02 Å². The number of hydrogen-bond donors (Lipinski definition) is 1. The summed E-state index contributed by atoms with van der Waals surface area (Å²) in [5.74, 6) is 1.74. The van der Waals surface area contributed by atoms with Gasteiger partial charge in [-0.1, -0.05) is 29.8 Å². The first-order valence-electron chi connectivity index (χ1n) is 5.38. The fraction of sp³-hybridized carbons (Fsp3) is 0.154. The van der Waals surface area contributed by atoms with E-state index in [1.165, 1.54) is 4.90 Å². The molecule has 0 aliphatic carbocycles. The van der Waals surface area contributed by atoms with E-state index in [2.05, 4.69) is 22.4 Å². The van der Waals surface area contributed by atoms with Gasteiger partial charge in [-0.25, -0.2) is 4.98 Å². The third-order valence-corrected chi connectivity index (χ3v) is 3.48. The SMILES string of the molecule is Clc1cccnc1NCCSc1ccccc1. The molecule has 0 bridgehead atoms. The molecule has 1 aromatic heterocycles. The van der Waals surface area contributed by atoms with Gasteiger partial charge < -0.3 is 5.32 Å². The minimum atomic E-state index is 0.664. The van der Waals surface area contributed by atoms with Gasteiger partial charge in [0.2, 0.25) is 0 Å². The number of anilines is 1. The highest BCUT2D eigenvalue weighted by Crippen LogP contribution is 2.19. The molecule has 0 spiro atoms. The van der Waals surface area contributed by atoms with E-state index in [0.29, 0.717) is 5.02 Å². The maximum atomic E-state index is 5.99. The first-order valence-corrected chi connectivity index (χ1v) is 6.75. The first-order chi connectivity index (χ1) is 8.36. The lowest BCUT2D eigenvalue weighted by atomic mass is 10.4. The van der Waals surface area contributed by atoms with Gasteiger partial charge in [-0.05, 0) is 24.3 Å². The Bertz CT molecular complexity index is 462. The van der Waals surface area contributed by atoms with Crippen LogP contribution in [0, 0.1) is 0 Å². The summed E-state index contributed by atoms with van der Waals surface area (Å²) in [5, 5.41) is 3.88. The van der Waals surface area contributed by atoms with Crippen molar-refractivity contribution in [3.05, 3.63) is 53.7 Å². The van der Waals surface area contributed by atoms with Crippen LogP contribution in [0.25, 0.3) is 0 Å². The molecular formula is C13H13ClN2S. The summed E-state index contributed by atoms with van der Waals surface area (Å²) in [4.78, 5) is 5.45. The third kappa shape index (κ3) is 3.95. The predicted octanol–water partition coefficient (Wildman–Crippen LogP) is 3.94. The molecule has 4 heteroatoms. The summed E-state index contributed by atoms with van der Waals surface area (Å²) in [5.41, 5.74) is 0. The van der Waals surface area contributed by atoms with Crippen LogP contribution in [0.5, 0.6) is 0 Å². The maximum Gasteiger partial charge on any atom is 0.144 e. The lowest BCUT2D eigenvalue weighted by Gasteiger charge is -2.06. The van der Waals surface area contributed by atoms with Gasteiger partial charge in [0, 0.05) is 23.4 Å². The van der Waals surface area contributed by atoms with Crippen molar-refractivity contribution in [2.75, 3.05) is 17.6 Å². The van der Waals surface area contributed by atoms with E-state index >= 15 is 0 Å².